The summed E-state index contributed by atoms with van der Waals surface area (Å²) in [6, 6.07) is 52.2. The van der Waals surface area contributed by atoms with Crippen LogP contribution in [0.2, 0.25) is 0 Å². The SMILES string of the molecule is c1ccc(N(c2ccccc2)c2cccc(Oc3cccc(N(c4ccccc4)c4ccccc4)n3)n2)cc1. The number of pyridine rings is 2. The van der Waals surface area contributed by atoms with Gasteiger partial charge in [-0.2, -0.15) is 9.97 Å². The molecule has 0 aliphatic rings. The van der Waals surface area contributed by atoms with Crippen molar-refractivity contribution in [3.8, 4) is 11.8 Å². The third-order valence-electron chi connectivity index (χ3n) is 6.14. The van der Waals surface area contributed by atoms with Crippen molar-refractivity contribution in [2.75, 3.05) is 9.80 Å². The summed E-state index contributed by atoms with van der Waals surface area (Å²) < 4.78 is 6.23. The van der Waals surface area contributed by atoms with Crippen LogP contribution in [0.25, 0.3) is 0 Å². The van der Waals surface area contributed by atoms with Gasteiger partial charge in [-0.3, -0.25) is 9.80 Å². The Hall–Kier alpha value is -5.42. The van der Waals surface area contributed by atoms with Crippen molar-refractivity contribution in [3.63, 3.8) is 0 Å². The number of rotatable bonds is 8. The summed E-state index contributed by atoms with van der Waals surface area (Å²) >= 11 is 0. The molecular weight excluding hydrogens is 480 g/mol. The molecule has 0 N–H and O–H groups in total. The molecule has 5 nitrogen and oxygen atoms in total. The zero-order chi connectivity index (χ0) is 26.3. The summed E-state index contributed by atoms with van der Waals surface area (Å²) in [5, 5.41) is 0. The quantitative estimate of drug-likeness (QED) is 0.206. The van der Waals surface area contributed by atoms with E-state index in [2.05, 4.69) is 58.3 Å². The van der Waals surface area contributed by atoms with Crippen LogP contribution in [0, 0.1) is 0 Å². The van der Waals surface area contributed by atoms with E-state index in [0.717, 1.165) is 34.4 Å². The monoisotopic (exact) mass is 506 g/mol. The van der Waals surface area contributed by atoms with Gasteiger partial charge in [-0.15, -0.1) is 0 Å². The van der Waals surface area contributed by atoms with E-state index in [4.69, 9.17) is 14.7 Å². The lowest BCUT2D eigenvalue weighted by molar-refractivity contribution is 0.445. The first kappa shape index (κ1) is 23.9. The number of anilines is 6. The van der Waals surface area contributed by atoms with Gasteiger partial charge in [0.2, 0.25) is 11.8 Å². The molecule has 0 atom stereocenters. The van der Waals surface area contributed by atoms with Crippen LogP contribution in [-0.4, -0.2) is 9.97 Å². The third kappa shape index (κ3) is 5.48. The molecule has 2 heterocycles. The average Bonchev–Trinajstić information content (AvgIpc) is 3.00. The maximum atomic E-state index is 6.23. The molecule has 0 saturated heterocycles. The molecule has 4 aromatic carbocycles. The summed E-state index contributed by atoms with van der Waals surface area (Å²) in [5.41, 5.74) is 4.04. The molecule has 0 spiro atoms. The predicted molar refractivity (Wildman–Crippen MR) is 158 cm³/mol. The Morgan fingerprint density at radius 1 is 0.333 bits per heavy atom. The zero-order valence-corrected chi connectivity index (χ0v) is 21.2. The number of hydrogen-bond donors (Lipinski definition) is 0. The number of hydrogen-bond acceptors (Lipinski definition) is 5. The Morgan fingerprint density at radius 2 is 0.641 bits per heavy atom. The molecule has 0 bridgehead atoms. The van der Waals surface area contributed by atoms with Gasteiger partial charge in [0.1, 0.15) is 11.6 Å². The van der Waals surface area contributed by atoms with E-state index in [9.17, 15) is 0 Å². The van der Waals surface area contributed by atoms with E-state index in [1.807, 2.05) is 109 Å². The Labute approximate surface area is 228 Å². The van der Waals surface area contributed by atoms with Gasteiger partial charge in [0.25, 0.3) is 0 Å². The van der Waals surface area contributed by atoms with E-state index >= 15 is 0 Å². The lowest BCUT2D eigenvalue weighted by atomic mass is 10.2. The smallest absolute Gasteiger partial charge is 0.223 e. The van der Waals surface area contributed by atoms with E-state index in [1.165, 1.54) is 0 Å². The van der Waals surface area contributed by atoms with Crippen LogP contribution in [0.1, 0.15) is 0 Å². The number of nitrogens with zero attached hydrogens (tertiary/aromatic N) is 4. The molecule has 0 radical (unpaired) electrons. The second-order valence-corrected chi connectivity index (χ2v) is 8.78. The largest absolute Gasteiger partial charge is 0.421 e. The van der Waals surface area contributed by atoms with Gasteiger partial charge in [-0.1, -0.05) is 84.9 Å². The number of aromatic nitrogens is 2. The lowest BCUT2D eigenvalue weighted by Gasteiger charge is -2.25. The minimum absolute atomic E-state index is 0.458. The Bertz CT molecular complexity index is 1420. The van der Waals surface area contributed by atoms with Crippen LogP contribution in [0.4, 0.5) is 34.4 Å². The third-order valence-corrected chi connectivity index (χ3v) is 6.14. The van der Waals surface area contributed by atoms with Crippen LogP contribution in [0.15, 0.2) is 158 Å². The van der Waals surface area contributed by atoms with Crippen LogP contribution >= 0.6 is 0 Å². The molecule has 0 aliphatic carbocycles. The van der Waals surface area contributed by atoms with Gasteiger partial charge in [-0.25, -0.2) is 0 Å². The molecule has 0 saturated carbocycles. The van der Waals surface area contributed by atoms with E-state index in [-0.39, 0.29) is 0 Å². The standard InChI is InChI=1S/C34H26N4O/c1-5-15-27(16-6-1)37(28-17-7-2-8-18-28)31-23-13-25-33(35-31)39-34-26-14-24-32(36-34)38(29-19-9-3-10-20-29)30-21-11-4-12-22-30/h1-26H. The van der Waals surface area contributed by atoms with Crippen molar-refractivity contribution in [2.24, 2.45) is 0 Å². The molecule has 0 unspecified atom stereocenters. The molecule has 188 valence electrons. The first-order valence-electron chi connectivity index (χ1n) is 12.8. The Morgan fingerprint density at radius 3 is 0.949 bits per heavy atom. The highest BCUT2D eigenvalue weighted by Crippen LogP contribution is 2.36. The van der Waals surface area contributed by atoms with E-state index < -0.39 is 0 Å². The molecule has 5 heteroatoms. The highest BCUT2D eigenvalue weighted by molar-refractivity contribution is 5.75. The second kappa shape index (κ2) is 11.3. The lowest BCUT2D eigenvalue weighted by Crippen LogP contribution is -2.12. The van der Waals surface area contributed by atoms with Crippen LogP contribution < -0.4 is 14.5 Å². The fraction of sp³-hybridized carbons (Fsp3) is 0. The van der Waals surface area contributed by atoms with E-state index in [1.54, 1.807) is 0 Å². The van der Waals surface area contributed by atoms with Crippen LogP contribution in [0.3, 0.4) is 0 Å². The average molecular weight is 507 g/mol. The Kier molecular flexibility index (Phi) is 6.95. The highest BCUT2D eigenvalue weighted by Gasteiger charge is 2.16. The Balaban J connectivity index is 1.34. The molecule has 0 aliphatic heterocycles. The normalized spacial score (nSPS) is 10.6. The fourth-order valence-corrected chi connectivity index (χ4v) is 4.41. The van der Waals surface area contributed by atoms with Crippen LogP contribution in [0.5, 0.6) is 11.8 Å². The molecule has 6 aromatic rings. The highest BCUT2D eigenvalue weighted by atomic mass is 16.5. The topological polar surface area (TPSA) is 41.5 Å². The van der Waals surface area contributed by atoms with Gasteiger partial charge in [0.15, 0.2) is 0 Å². The molecule has 6 rings (SSSR count). The first-order chi connectivity index (χ1) is 19.3. The fourth-order valence-electron chi connectivity index (χ4n) is 4.41. The first-order valence-corrected chi connectivity index (χ1v) is 12.8. The minimum Gasteiger partial charge on any atom is -0.421 e. The summed E-state index contributed by atoms with van der Waals surface area (Å²) in [7, 11) is 0. The zero-order valence-electron chi connectivity index (χ0n) is 21.2. The van der Waals surface area contributed by atoms with Crippen LogP contribution in [-0.2, 0) is 0 Å². The van der Waals surface area contributed by atoms with Gasteiger partial charge in [0, 0.05) is 34.9 Å². The number of ether oxygens (including phenoxy) is 1. The molecule has 39 heavy (non-hydrogen) atoms. The maximum Gasteiger partial charge on any atom is 0.223 e. The van der Waals surface area contributed by atoms with Crippen molar-refractivity contribution in [1.29, 1.82) is 0 Å². The van der Waals surface area contributed by atoms with Crippen molar-refractivity contribution >= 4 is 34.4 Å². The van der Waals surface area contributed by atoms with Crippen molar-refractivity contribution in [3.05, 3.63) is 158 Å². The maximum absolute atomic E-state index is 6.23. The van der Waals surface area contributed by atoms with Crippen molar-refractivity contribution in [1.82, 2.24) is 9.97 Å². The summed E-state index contributed by atoms with van der Waals surface area (Å²) in [5.74, 6) is 2.41. The number of benzene rings is 4. The summed E-state index contributed by atoms with van der Waals surface area (Å²) in [4.78, 5) is 13.9. The van der Waals surface area contributed by atoms with Gasteiger partial charge >= 0.3 is 0 Å². The minimum atomic E-state index is 0.458. The van der Waals surface area contributed by atoms with Gasteiger partial charge in [-0.05, 0) is 60.7 Å². The summed E-state index contributed by atoms with van der Waals surface area (Å²) in [6.07, 6.45) is 0. The molecule has 0 amide bonds. The predicted octanol–water partition coefficient (Wildman–Crippen LogP) is 9.21. The number of para-hydroxylation sites is 4. The molecular formula is C34H26N4O. The summed E-state index contributed by atoms with van der Waals surface area (Å²) in [6.45, 7) is 0. The second-order valence-electron chi connectivity index (χ2n) is 8.78. The van der Waals surface area contributed by atoms with Crippen molar-refractivity contribution in [2.45, 2.75) is 0 Å². The van der Waals surface area contributed by atoms with Gasteiger partial charge in [0.05, 0.1) is 0 Å². The van der Waals surface area contributed by atoms with Crippen molar-refractivity contribution < 1.29 is 4.74 Å². The molecule has 2 aromatic heterocycles. The molecule has 0 fully saturated rings. The van der Waals surface area contributed by atoms with E-state index in [0.29, 0.717) is 11.8 Å². The van der Waals surface area contributed by atoms with Gasteiger partial charge < -0.3 is 4.74 Å².